The van der Waals surface area contributed by atoms with Gasteiger partial charge in [0.2, 0.25) is 10.9 Å². The Morgan fingerprint density at radius 1 is 1.38 bits per heavy atom. The maximum Gasteiger partial charge on any atom is 0.417 e. The Labute approximate surface area is 142 Å². The van der Waals surface area contributed by atoms with Gasteiger partial charge in [0.25, 0.3) is 0 Å². The number of hydrogen-bond donors (Lipinski definition) is 1. The van der Waals surface area contributed by atoms with Crippen molar-refractivity contribution < 1.29 is 18.0 Å². The molecule has 0 unspecified atom stereocenters. The molecule has 1 aromatic carbocycles. The van der Waals surface area contributed by atoms with Crippen molar-refractivity contribution in [3.63, 3.8) is 0 Å². The lowest BCUT2D eigenvalue weighted by Crippen LogP contribution is -2.14. The first-order chi connectivity index (χ1) is 11.3. The van der Waals surface area contributed by atoms with Gasteiger partial charge in [-0.3, -0.25) is 4.79 Å². The lowest BCUT2D eigenvalue weighted by Gasteiger charge is -2.11. The lowest BCUT2D eigenvalue weighted by atomic mass is 10.2. The fraction of sp³-hybridized carbons (Fsp3) is 0.231. The van der Waals surface area contributed by atoms with Crippen LogP contribution < -0.4 is 5.32 Å². The maximum absolute atomic E-state index is 12.8. The Morgan fingerprint density at radius 2 is 2.17 bits per heavy atom. The monoisotopic (exact) mass is 375 g/mol. The highest BCUT2D eigenvalue weighted by atomic mass is 35.5. The van der Waals surface area contributed by atoms with Gasteiger partial charge in [0.1, 0.15) is 11.3 Å². The topological polar surface area (TPSA) is 72.2 Å². The van der Waals surface area contributed by atoms with Crippen LogP contribution in [0.2, 0.25) is 5.02 Å². The molecular formula is C13H9ClF3N5OS. The highest BCUT2D eigenvalue weighted by Crippen LogP contribution is 2.36. The second-order valence-corrected chi connectivity index (χ2v) is 6.24. The summed E-state index contributed by atoms with van der Waals surface area (Å²) in [5.74, 6) is -0.420. The van der Waals surface area contributed by atoms with E-state index in [1.165, 1.54) is 28.2 Å². The molecule has 1 amide bonds. The third-order valence-corrected chi connectivity index (χ3v) is 4.35. The van der Waals surface area contributed by atoms with Crippen molar-refractivity contribution in [2.75, 3.05) is 5.32 Å². The number of rotatable bonds is 4. The van der Waals surface area contributed by atoms with Crippen LogP contribution in [0, 0.1) is 0 Å². The minimum atomic E-state index is -4.58. The number of halogens is 4. The molecule has 3 aromatic rings. The summed E-state index contributed by atoms with van der Waals surface area (Å²) in [6, 6.07) is 3.23. The number of nitrogens with one attached hydrogen (secondary N) is 1. The number of amides is 1. The van der Waals surface area contributed by atoms with Gasteiger partial charge in [-0.1, -0.05) is 22.9 Å². The van der Waals surface area contributed by atoms with Crippen LogP contribution in [0.3, 0.4) is 0 Å². The van der Waals surface area contributed by atoms with Gasteiger partial charge < -0.3 is 5.32 Å². The Bertz CT molecular complexity index is 863. The van der Waals surface area contributed by atoms with Gasteiger partial charge >= 0.3 is 6.18 Å². The number of carbonyl (C=O) groups excluding carboxylic acids is 1. The number of fused-ring (bicyclic) bond motifs is 1. The van der Waals surface area contributed by atoms with Gasteiger partial charge in [-0.05, 0) is 18.2 Å². The standard InChI is InChI=1S/C13H9ClF3N5OS/c14-9-2-1-7(5-8(9)13(15,16)17)19-10(23)3-4-11-21-22-6-18-20-12(22)24-11/h1-2,5-6H,3-4H2,(H,19,23). The summed E-state index contributed by atoms with van der Waals surface area (Å²) in [6.07, 6.45) is -2.71. The van der Waals surface area contributed by atoms with E-state index in [0.29, 0.717) is 16.4 Å². The molecule has 0 atom stereocenters. The van der Waals surface area contributed by atoms with E-state index in [2.05, 4.69) is 20.6 Å². The first-order valence-corrected chi connectivity index (χ1v) is 7.85. The molecule has 126 valence electrons. The molecule has 24 heavy (non-hydrogen) atoms. The minimum Gasteiger partial charge on any atom is -0.326 e. The average Bonchev–Trinajstić information content (AvgIpc) is 3.07. The van der Waals surface area contributed by atoms with Crippen molar-refractivity contribution in [2.45, 2.75) is 19.0 Å². The van der Waals surface area contributed by atoms with Crippen LogP contribution in [0.25, 0.3) is 4.96 Å². The van der Waals surface area contributed by atoms with E-state index in [-0.39, 0.29) is 12.1 Å². The SMILES string of the molecule is O=C(CCc1nn2cnnc2s1)Nc1ccc(Cl)c(C(F)(F)F)c1. The molecule has 0 fully saturated rings. The molecule has 0 saturated heterocycles. The minimum absolute atomic E-state index is 0.0369. The summed E-state index contributed by atoms with van der Waals surface area (Å²) >= 11 is 6.83. The molecule has 1 N–H and O–H groups in total. The summed E-state index contributed by atoms with van der Waals surface area (Å²) in [5.41, 5.74) is -0.953. The number of alkyl halides is 3. The fourth-order valence-electron chi connectivity index (χ4n) is 1.97. The van der Waals surface area contributed by atoms with Crippen LogP contribution in [0.5, 0.6) is 0 Å². The van der Waals surface area contributed by atoms with Crippen LogP contribution in [-0.4, -0.2) is 25.7 Å². The second kappa shape index (κ2) is 6.36. The first kappa shape index (κ1) is 16.7. The van der Waals surface area contributed by atoms with Crippen molar-refractivity contribution in [2.24, 2.45) is 0 Å². The number of benzene rings is 1. The largest absolute Gasteiger partial charge is 0.417 e. The van der Waals surface area contributed by atoms with Crippen molar-refractivity contribution in [1.29, 1.82) is 0 Å². The molecule has 0 aliphatic carbocycles. The van der Waals surface area contributed by atoms with Crippen LogP contribution in [0.1, 0.15) is 17.0 Å². The van der Waals surface area contributed by atoms with E-state index < -0.39 is 22.7 Å². The molecule has 0 aliphatic heterocycles. The summed E-state index contributed by atoms with van der Waals surface area (Å²) in [6.45, 7) is 0. The van der Waals surface area contributed by atoms with Gasteiger partial charge in [0.15, 0.2) is 0 Å². The summed E-state index contributed by atoms with van der Waals surface area (Å²) in [7, 11) is 0. The fourth-order valence-corrected chi connectivity index (χ4v) is 3.00. The van der Waals surface area contributed by atoms with Crippen LogP contribution in [0.4, 0.5) is 18.9 Å². The highest BCUT2D eigenvalue weighted by molar-refractivity contribution is 7.16. The van der Waals surface area contributed by atoms with Gasteiger partial charge in [-0.25, -0.2) is 0 Å². The maximum atomic E-state index is 12.8. The van der Waals surface area contributed by atoms with E-state index in [0.717, 1.165) is 12.1 Å². The molecule has 2 heterocycles. The molecule has 0 spiro atoms. The summed E-state index contributed by atoms with van der Waals surface area (Å²) in [4.78, 5) is 12.5. The predicted octanol–water partition coefficient (Wildman–Crippen LogP) is 3.43. The van der Waals surface area contributed by atoms with Gasteiger partial charge in [-0.2, -0.15) is 22.8 Å². The van der Waals surface area contributed by atoms with E-state index in [4.69, 9.17) is 11.6 Å². The zero-order valence-corrected chi connectivity index (χ0v) is 13.4. The normalized spacial score (nSPS) is 11.8. The third kappa shape index (κ3) is 3.65. The summed E-state index contributed by atoms with van der Waals surface area (Å²) in [5, 5.41) is 14.4. The average molecular weight is 376 g/mol. The number of anilines is 1. The Hall–Kier alpha value is -2.20. The molecule has 2 aromatic heterocycles. The molecule has 0 aliphatic rings. The van der Waals surface area contributed by atoms with Crippen LogP contribution in [-0.2, 0) is 17.4 Å². The molecule has 0 radical (unpaired) electrons. The first-order valence-electron chi connectivity index (χ1n) is 6.65. The Kier molecular flexibility index (Phi) is 4.41. The highest BCUT2D eigenvalue weighted by Gasteiger charge is 2.33. The molecule has 0 bridgehead atoms. The zero-order valence-electron chi connectivity index (χ0n) is 11.8. The lowest BCUT2D eigenvalue weighted by molar-refractivity contribution is -0.137. The van der Waals surface area contributed by atoms with E-state index in [1.54, 1.807) is 0 Å². The molecular weight excluding hydrogens is 367 g/mol. The zero-order chi connectivity index (χ0) is 17.3. The van der Waals surface area contributed by atoms with Crippen molar-refractivity contribution in [3.8, 4) is 0 Å². The number of carbonyl (C=O) groups is 1. The quantitative estimate of drug-likeness (QED) is 0.758. The summed E-state index contributed by atoms with van der Waals surface area (Å²) < 4.78 is 39.9. The Balaban J connectivity index is 1.63. The Morgan fingerprint density at radius 3 is 2.88 bits per heavy atom. The van der Waals surface area contributed by atoms with Crippen LogP contribution in [0.15, 0.2) is 24.5 Å². The molecule has 6 nitrogen and oxygen atoms in total. The van der Waals surface area contributed by atoms with Crippen molar-refractivity contribution >= 4 is 39.5 Å². The van der Waals surface area contributed by atoms with E-state index in [9.17, 15) is 18.0 Å². The van der Waals surface area contributed by atoms with Crippen molar-refractivity contribution in [3.05, 3.63) is 40.1 Å². The predicted molar refractivity (Wildman–Crippen MR) is 82.1 cm³/mol. The number of aromatic nitrogens is 4. The van der Waals surface area contributed by atoms with Gasteiger partial charge in [0, 0.05) is 18.5 Å². The van der Waals surface area contributed by atoms with Crippen molar-refractivity contribution in [1.82, 2.24) is 19.8 Å². The molecule has 3 rings (SSSR count). The molecule has 11 heteroatoms. The number of nitrogens with zero attached hydrogens (tertiary/aromatic N) is 4. The molecule has 0 saturated carbocycles. The number of hydrogen-bond acceptors (Lipinski definition) is 5. The smallest absolute Gasteiger partial charge is 0.326 e. The van der Waals surface area contributed by atoms with E-state index >= 15 is 0 Å². The third-order valence-electron chi connectivity index (χ3n) is 3.05. The van der Waals surface area contributed by atoms with Gasteiger partial charge in [-0.15, -0.1) is 10.2 Å². The van der Waals surface area contributed by atoms with Crippen LogP contribution >= 0.6 is 22.9 Å². The second-order valence-electron chi connectivity index (χ2n) is 4.79. The van der Waals surface area contributed by atoms with Gasteiger partial charge in [0.05, 0.1) is 10.6 Å². The van der Waals surface area contributed by atoms with E-state index in [1.807, 2.05) is 0 Å². The number of aryl methyl sites for hydroxylation is 1.